The number of sulfonamides is 1. The van der Waals surface area contributed by atoms with Gasteiger partial charge in [0, 0.05) is 11.9 Å². The molecule has 17 heavy (non-hydrogen) atoms. The summed E-state index contributed by atoms with van der Waals surface area (Å²) in [7, 11) is -3.57. The molecule has 0 aromatic heterocycles. The summed E-state index contributed by atoms with van der Waals surface area (Å²) >= 11 is 11.8. The molecule has 0 bridgehead atoms. The first-order valence-corrected chi connectivity index (χ1v) is 7.65. The fourth-order valence-electron chi connectivity index (χ4n) is 1.36. The van der Waals surface area contributed by atoms with Gasteiger partial charge < -0.3 is 0 Å². The van der Waals surface area contributed by atoms with E-state index in [1.165, 1.54) is 6.07 Å². The lowest BCUT2D eigenvalue weighted by atomic mass is 10.2. The highest BCUT2D eigenvalue weighted by Gasteiger charge is 2.18. The van der Waals surface area contributed by atoms with Gasteiger partial charge in [-0.3, -0.25) is 0 Å². The van der Waals surface area contributed by atoms with Crippen LogP contribution in [-0.2, 0) is 10.0 Å². The standard InChI is InChI=1S/C11H15Cl2NO2S/c1-2-5-9(12)8-14-17(15,16)11-7-4-3-6-10(11)13/h3-4,6-7,9,14H,2,5,8H2,1H3. The van der Waals surface area contributed by atoms with Crippen LogP contribution in [0, 0.1) is 0 Å². The third kappa shape index (κ3) is 4.47. The minimum Gasteiger partial charge on any atom is -0.210 e. The molecule has 0 amide bonds. The van der Waals surface area contributed by atoms with Gasteiger partial charge in [-0.15, -0.1) is 11.6 Å². The maximum absolute atomic E-state index is 11.9. The van der Waals surface area contributed by atoms with E-state index in [-0.39, 0.29) is 21.8 Å². The summed E-state index contributed by atoms with van der Waals surface area (Å²) < 4.78 is 26.3. The van der Waals surface area contributed by atoms with Gasteiger partial charge in [0.1, 0.15) is 4.90 Å². The molecule has 1 N–H and O–H groups in total. The molecule has 0 aliphatic carbocycles. The average Bonchev–Trinajstić information content (AvgIpc) is 2.27. The SMILES string of the molecule is CCCC(Cl)CNS(=O)(=O)c1ccccc1Cl. The molecule has 1 aromatic carbocycles. The van der Waals surface area contributed by atoms with Crippen molar-refractivity contribution in [3.8, 4) is 0 Å². The molecule has 0 radical (unpaired) electrons. The summed E-state index contributed by atoms with van der Waals surface area (Å²) in [6.45, 7) is 2.21. The quantitative estimate of drug-likeness (QED) is 0.820. The van der Waals surface area contributed by atoms with Gasteiger partial charge in [-0.05, 0) is 18.6 Å². The van der Waals surface area contributed by atoms with E-state index in [0.717, 1.165) is 12.8 Å². The molecule has 1 rings (SSSR count). The molecule has 1 unspecified atom stereocenters. The second-order valence-electron chi connectivity index (χ2n) is 3.67. The van der Waals surface area contributed by atoms with E-state index in [4.69, 9.17) is 23.2 Å². The van der Waals surface area contributed by atoms with Crippen LogP contribution < -0.4 is 4.72 Å². The van der Waals surface area contributed by atoms with E-state index >= 15 is 0 Å². The zero-order valence-electron chi connectivity index (χ0n) is 9.49. The highest BCUT2D eigenvalue weighted by atomic mass is 35.5. The maximum Gasteiger partial charge on any atom is 0.242 e. The fourth-order valence-corrected chi connectivity index (χ4v) is 3.34. The Bertz CT molecular complexity index is 462. The number of halogens is 2. The number of nitrogens with one attached hydrogen (secondary N) is 1. The monoisotopic (exact) mass is 295 g/mol. The number of alkyl halides is 1. The predicted molar refractivity (Wildman–Crippen MR) is 71.2 cm³/mol. The van der Waals surface area contributed by atoms with Crippen LogP contribution in [0.5, 0.6) is 0 Å². The second kappa shape index (κ2) is 6.59. The predicted octanol–water partition coefficient (Wildman–Crippen LogP) is 3.03. The molecule has 0 aliphatic rings. The molecule has 0 heterocycles. The van der Waals surface area contributed by atoms with Gasteiger partial charge in [-0.1, -0.05) is 37.1 Å². The van der Waals surface area contributed by atoms with Gasteiger partial charge >= 0.3 is 0 Å². The molecule has 1 aromatic rings. The van der Waals surface area contributed by atoms with E-state index in [9.17, 15) is 8.42 Å². The van der Waals surface area contributed by atoms with Crippen LogP contribution in [0.15, 0.2) is 29.2 Å². The van der Waals surface area contributed by atoms with Crippen LogP contribution in [0.1, 0.15) is 19.8 Å². The topological polar surface area (TPSA) is 46.2 Å². The van der Waals surface area contributed by atoms with Crippen molar-refractivity contribution in [3.63, 3.8) is 0 Å². The van der Waals surface area contributed by atoms with Crippen molar-refractivity contribution < 1.29 is 8.42 Å². The van der Waals surface area contributed by atoms with Gasteiger partial charge in [0.05, 0.1) is 5.02 Å². The molecule has 0 saturated heterocycles. The molecule has 1 atom stereocenters. The fraction of sp³-hybridized carbons (Fsp3) is 0.455. The number of rotatable bonds is 6. The van der Waals surface area contributed by atoms with Gasteiger partial charge in [-0.2, -0.15) is 0 Å². The van der Waals surface area contributed by atoms with E-state index in [1.54, 1.807) is 18.2 Å². The third-order valence-electron chi connectivity index (χ3n) is 2.22. The first-order valence-electron chi connectivity index (χ1n) is 5.35. The lowest BCUT2D eigenvalue weighted by Gasteiger charge is -2.11. The normalized spacial score (nSPS) is 13.6. The van der Waals surface area contributed by atoms with Crippen LogP contribution >= 0.6 is 23.2 Å². The van der Waals surface area contributed by atoms with Crippen LogP contribution in [-0.4, -0.2) is 20.3 Å². The second-order valence-corrected chi connectivity index (χ2v) is 6.43. The zero-order chi connectivity index (χ0) is 12.9. The Hall–Kier alpha value is -0.290. The molecule has 0 aliphatic heterocycles. The Kier molecular flexibility index (Phi) is 5.73. The highest BCUT2D eigenvalue weighted by molar-refractivity contribution is 7.89. The van der Waals surface area contributed by atoms with Crippen LogP contribution in [0.3, 0.4) is 0 Å². The summed E-state index contributed by atoms with van der Waals surface area (Å²) in [4.78, 5) is 0.0852. The van der Waals surface area contributed by atoms with Crippen molar-refractivity contribution >= 4 is 33.2 Å². The minimum absolute atomic E-state index is 0.0852. The van der Waals surface area contributed by atoms with E-state index in [2.05, 4.69) is 4.72 Å². The van der Waals surface area contributed by atoms with E-state index in [1.807, 2.05) is 6.92 Å². The van der Waals surface area contributed by atoms with E-state index < -0.39 is 10.0 Å². The molecule has 0 fully saturated rings. The van der Waals surface area contributed by atoms with Gasteiger partial charge in [0.25, 0.3) is 0 Å². The summed E-state index contributed by atoms with van der Waals surface area (Å²) in [6.07, 6.45) is 1.69. The van der Waals surface area contributed by atoms with Gasteiger partial charge in [-0.25, -0.2) is 13.1 Å². The zero-order valence-corrected chi connectivity index (χ0v) is 11.8. The van der Waals surface area contributed by atoms with Crippen LogP contribution in [0.25, 0.3) is 0 Å². The Morgan fingerprint density at radius 1 is 1.35 bits per heavy atom. The molecular weight excluding hydrogens is 281 g/mol. The molecule has 0 saturated carbocycles. The Balaban J connectivity index is 2.73. The van der Waals surface area contributed by atoms with Crippen molar-refractivity contribution in [2.75, 3.05) is 6.54 Å². The number of benzene rings is 1. The van der Waals surface area contributed by atoms with Crippen molar-refractivity contribution in [1.29, 1.82) is 0 Å². The highest BCUT2D eigenvalue weighted by Crippen LogP contribution is 2.20. The summed E-state index contributed by atoms with van der Waals surface area (Å²) in [5, 5.41) is 0.0128. The molecule has 6 heteroatoms. The lowest BCUT2D eigenvalue weighted by molar-refractivity contribution is 0.577. The Labute approximate surface area is 112 Å². The first-order chi connectivity index (χ1) is 7.97. The van der Waals surface area contributed by atoms with Gasteiger partial charge in [0.2, 0.25) is 10.0 Å². The smallest absolute Gasteiger partial charge is 0.210 e. The van der Waals surface area contributed by atoms with Crippen molar-refractivity contribution in [2.45, 2.75) is 30.0 Å². The first kappa shape index (κ1) is 14.8. The van der Waals surface area contributed by atoms with Crippen molar-refractivity contribution in [3.05, 3.63) is 29.3 Å². The average molecular weight is 296 g/mol. The maximum atomic E-state index is 11.9. The summed E-state index contributed by atoms with van der Waals surface area (Å²) in [6, 6.07) is 6.32. The van der Waals surface area contributed by atoms with Gasteiger partial charge in [0.15, 0.2) is 0 Å². The summed E-state index contributed by atoms with van der Waals surface area (Å²) in [5.74, 6) is 0. The Morgan fingerprint density at radius 2 is 2.00 bits per heavy atom. The third-order valence-corrected chi connectivity index (χ3v) is 4.52. The largest absolute Gasteiger partial charge is 0.242 e. The Morgan fingerprint density at radius 3 is 2.59 bits per heavy atom. The van der Waals surface area contributed by atoms with Crippen molar-refractivity contribution in [1.82, 2.24) is 4.72 Å². The van der Waals surface area contributed by atoms with Crippen molar-refractivity contribution in [2.24, 2.45) is 0 Å². The van der Waals surface area contributed by atoms with Crippen LogP contribution in [0.4, 0.5) is 0 Å². The molecular formula is C11H15Cl2NO2S. The molecule has 96 valence electrons. The molecule has 0 spiro atoms. The number of hydrogen-bond donors (Lipinski definition) is 1. The minimum atomic E-state index is -3.57. The van der Waals surface area contributed by atoms with E-state index in [0.29, 0.717) is 0 Å². The number of hydrogen-bond acceptors (Lipinski definition) is 2. The lowest BCUT2D eigenvalue weighted by Crippen LogP contribution is -2.30. The molecule has 3 nitrogen and oxygen atoms in total. The van der Waals surface area contributed by atoms with Crippen LogP contribution in [0.2, 0.25) is 5.02 Å². The summed E-state index contributed by atoms with van der Waals surface area (Å²) in [5.41, 5.74) is 0.